The molecule has 0 aliphatic carbocycles. The second kappa shape index (κ2) is 3.24. The molecule has 0 aliphatic heterocycles. The van der Waals surface area contributed by atoms with Crippen LogP contribution in [0.25, 0.3) is 0 Å². The predicted molar refractivity (Wildman–Crippen MR) is 48.6 cm³/mol. The normalized spacial score (nSPS) is 11.8. The lowest BCUT2D eigenvalue weighted by Crippen LogP contribution is -2.30. The van der Waals surface area contributed by atoms with Crippen molar-refractivity contribution in [3.05, 3.63) is 34.4 Å². The summed E-state index contributed by atoms with van der Waals surface area (Å²) >= 11 is 5.59. The number of rotatable bonds is 1. The van der Waals surface area contributed by atoms with Crippen LogP contribution in [0.4, 0.5) is 8.78 Å². The summed E-state index contributed by atoms with van der Waals surface area (Å²) in [5.74, 6) is -1.24. The van der Waals surface area contributed by atoms with Gasteiger partial charge in [-0.3, -0.25) is 0 Å². The quantitative estimate of drug-likeness (QED) is 0.701. The van der Waals surface area contributed by atoms with Crippen LogP contribution in [0.2, 0.25) is 5.02 Å². The fraction of sp³-hybridized carbons (Fsp3) is 0.333. The molecule has 1 nitrogen and oxygen atoms in total. The maximum absolute atomic E-state index is 13.2. The molecule has 0 bridgehead atoms. The molecular formula is C9H10ClF2N. The molecule has 0 fully saturated rings. The molecule has 0 unspecified atom stereocenters. The third-order valence-electron chi connectivity index (χ3n) is 1.69. The zero-order chi connectivity index (χ0) is 10.2. The lowest BCUT2D eigenvalue weighted by molar-refractivity contribution is 0.493. The van der Waals surface area contributed by atoms with Gasteiger partial charge in [0, 0.05) is 11.1 Å². The van der Waals surface area contributed by atoms with Gasteiger partial charge in [0.2, 0.25) is 0 Å². The molecule has 0 heterocycles. The van der Waals surface area contributed by atoms with Crippen LogP contribution < -0.4 is 5.73 Å². The van der Waals surface area contributed by atoms with Gasteiger partial charge >= 0.3 is 0 Å². The Kier molecular flexibility index (Phi) is 2.59. The molecule has 0 atom stereocenters. The van der Waals surface area contributed by atoms with Gasteiger partial charge in [0.25, 0.3) is 0 Å². The van der Waals surface area contributed by atoms with E-state index in [9.17, 15) is 8.78 Å². The third-order valence-corrected chi connectivity index (χ3v) is 2.06. The lowest BCUT2D eigenvalue weighted by atomic mass is 9.95. The predicted octanol–water partition coefficient (Wildman–Crippen LogP) is 2.81. The fourth-order valence-electron chi connectivity index (χ4n) is 1.12. The van der Waals surface area contributed by atoms with E-state index in [0.717, 1.165) is 12.1 Å². The minimum atomic E-state index is -0.983. The van der Waals surface area contributed by atoms with Gasteiger partial charge < -0.3 is 5.73 Å². The molecule has 0 aromatic heterocycles. The molecule has 72 valence electrons. The monoisotopic (exact) mass is 205 g/mol. The number of nitrogens with two attached hydrogens (primary N) is 1. The first-order valence-electron chi connectivity index (χ1n) is 3.77. The van der Waals surface area contributed by atoms with Crippen LogP contribution in [0.1, 0.15) is 19.4 Å². The van der Waals surface area contributed by atoms with Crippen LogP contribution in [0.5, 0.6) is 0 Å². The standard InChI is InChI=1S/C9H10ClF2N/c1-9(2,13)7-5(11)3-4-6(12)8(7)10/h3-4H,13H2,1-2H3. The van der Waals surface area contributed by atoms with Gasteiger partial charge in [-0.25, -0.2) is 8.78 Å². The summed E-state index contributed by atoms with van der Waals surface area (Å²) in [4.78, 5) is 0. The van der Waals surface area contributed by atoms with Gasteiger partial charge in [0.1, 0.15) is 11.6 Å². The molecule has 13 heavy (non-hydrogen) atoms. The maximum Gasteiger partial charge on any atom is 0.142 e. The Hall–Kier alpha value is -0.670. The van der Waals surface area contributed by atoms with Crippen LogP contribution in [0, 0.1) is 11.6 Å². The van der Waals surface area contributed by atoms with Crippen LogP contribution in [0.3, 0.4) is 0 Å². The van der Waals surface area contributed by atoms with E-state index in [-0.39, 0.29) is 10.6 Å². The molecule has 0 saturated carbocycles. The van der Waals surface area contributed by atoms with Crippen LogP contribution in [0.15, 0.2) is 12.1 Å². The molecule has 2 N–H and O–H groups in total. The summed E-state index contributed by atoms with van der Waals surface area (Å²) in [6, 6.07) is 2.00. The minimum absolute atomic E-state index is 0.00849. The molecule has 1 rings (SSSR count). The van der Waals surface area contributed by atoms with Gasteiger partial charge in [0.05, 0.1) is 5.02 Å². The van der Waals surface area contributed by atoms with Gasteiger partial charge in [-0.05, 0) is 26.0 Å². The van der Waals surface area contributed by atoms with Crippen molar-refractivity contribution in [2.45, 2.75) is 19.4 Å². The van der Waals surface area contributed by atoms with Crippen LogP contribution >= 0.6 is 11.6 Å². The second-order valence-corrected chi connectivity index (χ2v) is 3.82. The van der Waals surface area contributed by atoms with Crippen molar-refractivity contribution in [3.8, 4) is 0 Å². The van der Waals surface area contributed by atoms with E-state index < -0.39 is 17.2 Å². The molecular weight excluding hydrogens is 196 g/mol. The Labute approximate surface area is 80.5 Å². The Morgan fingerprint density at radius 1 is 1.23 bits per heavy atom. The molecule has 0 spiro atoms. The van der Waals surface area contributed by atoms with Gasteiger partial charge in [0.15, 0.2) is 0 Å². The van der Waals surface area contributed by atoms with Crippen molar-refractivity contribution in [2.75, 3.05) is 0 Å². The number of hydrogen-bond acceptors (Lipinski definition) is 1. The summed E-state index contributed by atoms with van der Waals surface area (Å²) in [5.41, 5.74) is 4.66. The Morgan fingerprint density at radius 2 is 1.69 bits per heavy atom. The highest BCUT2D eigenvalue weighted by atomic mass is 35.5. The Balaban J connectivity index is 3.43. The van der Waals surface area contributed by atoms with Gasteiger partial charge in [-0.1, -0.05) is 11.6 Å². The molecule has 1 aromatic rings. The zero-order valence-corrected chi connectivity index (χ0v) is 8.12. The summed E-state index contributed by atoms with van der Waals surface area (Å²) in [7, 11) is 0. The smallest absolute Gasteiger partial charge is 0.142 e. The van der Waals surface area contributed by atoms with Crippen molar-refractivity contribution in [1.29, 1.82) is 0 Å². The maximum atomic E-state index is 13.2. The van der Waals surface area contributed by atoms with Gasteiger partial charge in [-0.2, -0.15) is 0 Å². The lowest BCUT2D eigenvalue weighted by Gasteiger charge is -2.21. The van der Waals surface area contributed by atoms with E-state index in [4.69, 9.17) is 17.3 Å². The topological polar surface area (TPSA) is 26.0 Å². The first kappa shape index (κ1) is 10.4. The third kappa shape index (κ3) is 1.98. The summed E-state index contributed by atoms with van der Waals surface area (Å²) in [6.07, 6.45) is 0. The molecule has 0 radical (unpaired) electrons. The fourth-order valence-corrected chi connectivity index (χ4v) is 1.51. The Bertz CT molecular complexity index is 331. The Morgan fingerprint density at radius 3 is 2.08 bits per heavy atom. The summed E-state index contributed by atoms with van der Waals surface area (Å²) < 4.78 is 26.1. The summed E-state index contributed by atoms with van der Waals surface area (Å²) in [5, 5.41) is -0.243. The number of hydrogen-bond donors (Lipinski definition) is 1. The van der Waals surface area contributed by atoms with E-state index in [1.165, 1.54) is 0 Å². The van der Waals surface area contributed by atoms with Crippen molar-refractivity contribution >= 4 is 11.6 Å². The summed E-state index contributed by atoms with van der Waals surface area (Å²) in [6.45, 7) is 3.13. The molecule has 4 heteroatoms. The first-order valence-corrected chi connectivity index (χ1v) is 4.14. The number of benzene rings is 1. The molecule has 0 amide bonds. The number of halogens is 3. The largest absolute Gasteiger partial charge is 0.322 e. The molecule has 0 saturated heterocycles. The zero-order valence-electron chi connectivity index (χ0n) is 7.37. The van der Waals surface area contributed by atoms with Crippen molar-refractivity contribution in [2.24, 2.45) is 5.73 Å². The SMILES string of the molecule is CC(C)(N)c1c(F)ccc(F)c1Cl. The molecule has 0 aliphatic rings. The van der Waals surface area contributed by atoms with E-state index in [1.54, 1.807) is 13.8 Å². The van der Waals surface area contributed by atoms with Crippen molar-refractivity contribution < 1.29 is 8.78 Å². The highest BCUT2D eigenvalue weighted by Gasteiger charge is 2.24. The van der Waals surface area contributed by atoms with Gasteiger partial charge in [-0.15, -0.1) is 0 Å². The van der Waals surface area contributed by atoms with Crippen LogP contribution in [-0.4, -0.2) is 0 Å². The average molecular weight is 206 g/mol. The van der Waals surface area contributed by atoms with E-state index in [2.05, 4.69) is 0 Å². The minimum Gasteiger partial charge on any atom is -0.322 e. The highest BCUT2D eigenvalue weighted by Crippen LogP contribution is 2.30. The van der Waals surface area contributed by atoms with Crippen molar-refractivity contribution in [3.63, 3.8) is 0 Å². The molecule has 1 aromatic carbocycles. The average Bonchev–Trinajstić information content (AvgIpc) is 1.95. The van der Waals surface area contributed by atoms with Crippen LogP contribution in [-0.2, 0) is 5.54 Å². The first-order chi connectivity index (χ1) is 5.84. The highest BCUT2D eigenvalue weighted by molar-refractivity contribution is 6.31. The second-order valence-electron chi connectivity index (χ2n) is 3.44. The van der Waals surface area contributed by atoms with E-state index in [0.29, 0.717) is 0 Å². The van der Waals surface area contributed by atoms with E-state index in [1.807, 2.05) is 0 Å². The van der Waals surface area contributed by atoms with E-state index >= 15 is 0 Å². The van der Waals surface area contributed by atoms with Crippen molar-refractivity contribution in [1.82, 2.24) is 0 Å².